The number of alkyl carbamates (subject to hydrolysis) is 1. The van der Waals surface area contributed by atoms with Crippen molar-refractivity contribution >= 4 is 12.0 Å². The number of hydrogen-bond acceptors (Lipinski definition) is 6. The van der Waals surface area contributed by atoms with Gasteiger partial charge >= 0.3 is 6.09 Å². The highest BCUT2D eigenvalue weighted by atomic mass is 16.6. The third-order valence-corrected chi connectivity index (χ3v) is 5.76. The summed E-state index contributed by atoms with van der Waals surface area (Å²) >= 11 is 0. The lowest BCUT2D eigenvalue weighted by Crippen LogP contribution is -2.47. The predicted molar refractivity (Wildman–Crippen MR) is 149 cm³/mol. The van der Waals surface area contributed by atoms with E-state index in [0.29, 0.717) is 39.3 Å². The molecule has 2 amide bonds. The van der Waals surface area contributed by atoms with Gasteiger partial charge in [-0.05, 0) is 52.0 Å². The minimum absolute atomic E-state index is 0.0521. The molecule has 0 aliphatic rings. The Morgan fingerprint density at radius 1 is 0.946 bits per heavy atom. The number of benzene rings is 1. The summed E-state index contributed by atoms with van der Waals surface area (Å²) in [5.74, 6) is -0.0521. The Labute approximate surface area is 224 Å². The molecule has 0 aliphatic heterocycles. The van der Waals surface area contributed by atoms with Gasteiger partial charge in [0.05, 0.1) is 18.8 Å². The molecule has 212 valence electrons. The Balaban J connectivity index is 2.52. The lowest BCUT2D eigenvalue weighted by Gasteiger charge is -2.22. The first-order chi connectivity index (χ1) is 17.7. The first kappa shape index (κ1) is 32.9. The van der Waals surface area contributed by atoms with Crippen LogP contribution in [0.4, 0.5) is 4.79 Å². The number of ether oxygens (including phenoxy) is 3. The summed E-state index contributed by atoms with van der Waals surface area (Å²) in [6.45, 7) is 10.3. The molecule has 0 saturated carbocycles. The summed E-state index contributed by atoms with van der Waals surface area (Å²) in [5.41, 5.74) is 0.601. The zero-order valence-electron chi connectivity index (χ0n) is 23.8. The van der Waals surface area contributed by atoms with E-state index in [1.165, 1.54) is 19.3 Å². The van der Waals surface area contributed by atoms with Gasteiger partial charge in [0.1, 0.15) is 5.60 Å². The van der Waals surface area contributed by atoms with Gasteiger partial charge < -0.3 is 30.2 Å². The molecule has 0 radical (unpaired) electrons. The van der Waals surface area contributed by atoms with E-state index in [-0.39, 0.29) is 18.1 Å². The van der Waals surface area contributed by atoms with E-state index >= 15 is 0 Å². The van der Waals surface area contributed by atoms with Crippen LogP contribution in [0.25, 0.3) is 0 Å². The van der Waals surface area contributed by atoms with Crippen molar-refractivity contribution in [3.63, 3.8) is 0 Å². The molecule has 0 saturated heterocycles. The average Bonchev–Trinajstić information content (AvgIpc) is 2.85. The minimum atomic E-state index is -0.520. The highest BCUT2D eigenvalue weighted by Crippen LogP contribution is 2.08. The van der Waals surface area contributed by atoms with E-state index in [1.54, 1.807) is 7.11 Å². The van der Waals surface area contributed by atoms with E-state index in [1.807, 2.05) is 51.1 Å². The van der Waals surface area contributed by atoms with Crippen LogP contribution in [-0.4, -0.2) is 63.2 Å². The van der Waals surface area contributed by atoms with Crippen LogP contribution in [0.3, 0.4) is 0 Å². The van der Waals surface area contributed by atoms with Gasteiger partial charge in [-0.25, -0.2) is 4.79 Å². The van der Waals surface area contributed by atoms with E-state index in [9.17, 15) is 9.59 Å². The number of methoxy groups -OCH3 is 1. The Hall–Kier alpha value is -2.16. The third-order valence-electron chi connectivity index (χ3n) is 5.76. The number of carbonyl (C=O) groups excluding carboxylic acids is 2. The summed E-state index contributed by atoms with van der Waals surface area (Å²) in [6, 6.07) is 9.68. The first-order valence-electron chi connectivity index (χ1n) is 13.9. The molecule has 0 bridgehead atoms. The molecule has 0 spiro atoms. The van der Waals surface area contributed by atoms with Crippen molar-refractivity contribution in [2.75, 3.05) is 33.4 Å². The molecule has 0 aliphatic carbocycles. The van der Waals surface area contributed by atoms with Gasteiger partial charge in [-0.15, -0.1) is 0 Å². The van der Waals surface area contributed by atoms with Crippen molar-refractivity contribution in [2.45, 2.75) is 103 Å². The van der Waals surface area contributed by atoms with E-state index in [0.717, 1.165) is 31.2 Å². The topological polar surface area (TPSA) is 97.9 Å². The van der Waals surface area contributed by atoms with Gasteiger partial charge in [0.2, 0.25) is 5.91 Å². The van der Waals surface area contributed by atoms with Crippen molar-refractivity contribution in [3.8, 4) is 0 Å². The normalized spacial score (nSPS) is 13.1. The summed E-state index contributed by atoms with van der Waals surface area (Å²) in [7, 11) is 1.65. The SMILES string of the molecule is CCCCCCCOC(CNC(=O)[C@H](CCCCNC(=O)OC(C)(C)C)NCc1ccccc1)COC. The van der Waals surface area contributed by atoms with Crippen LogP contribution in [0.2, 0.25) is 0 Å². The summed E-state index contributed by atoms with van der Waals surface area (Å²) in [6.07, 6.45) is 7.49. The van der Waals surface area contributed by atoms with E-state index in [2.05, 4.69) is 22.9 Å². The van der Waals surface area contributed by atoms with E-state index < -0.39 is 11.7 Å². The van der Waals surface area contributed by atoms with Crippen LogP contribution in [0.1, 0.15) is 84.6 Å². The zero-order valence-corrected chi connectivity index (χ0v) is 23.8. The largest absolute Gasteiger partial charge is 0.444 e. The fourth-order valence-corrected chi connectivity index (χ4v) is 3.79. The average molecular weight is 522 g/mol. The van der Waals surface area contributed by atoms with E-state index in [4.69, 9.17) is 14.2 Å². The number of nitrogens with one attached hydrogen (secondary N) is 3. The Morgan fingerprint density at radius 2 is 1.68 bits per heavy atom. The predicted octanol–water partition coefficient (Wildman–Crippen LogP) is 4.96. The maximum atomic E-state index is 13.1. The fourth-order valence-electron chi connectivity index (χ4n) is 3.79. The molecule has 0 fully saturated rings. The highest BCUT2D eigenvalue weighted by Gasteiger charge is 2.20. The second-order valence-corrected chi connectivity index (χ2v) is 10.5. The molecule has 37 heavy (non-hydrogen) atoms. The van der Waals surface area contributed by atoms with Crippen molar-refractivity contribution in [1.82, 2.24) is 16.0 Å². The molecule has 1 aromatic carbocycles. The molecule has 3 N–H and O–H groups in total. The van der Waals surface area contributed by atoms with Gasteiger partial charge in [-0.1, -0.05) is 62.9 Å². The zero-order chi connectivity index (χ0) is 27.4. The third kappa shape index (κ3) is 17.8. The van der Waals surface area contributed by atoms with Gasteiger partial charge in [0.15, 0.2) is 0 Å². The number of carbonyl (C=O) groups is 2. The smallest absolute Gasteiger partial charge is 0.407 e. The number of unbranched alkanes of at least 4 members (excludes halogenated alkanes) is 5. The molecule has 0 aromatic heterocycles. The fraction of sp³-hybridized carbons (Fsp3) is 0.724. The number of amides is 2. The van der Waals surface area contributed by atoms with Gasteiger partial charge in [0, 0.05) is 33.4 Å². The van der Waals surface area contributed by atoms with Gasteiger partial charge in [0.25, 0.3) is 0 Å². The Kier molecular flexibility index (Phi) is 17.7. The van der Waals surface area contributed by atoms with Crippen molar-refractivity contribution < 1.29 is 23.8 Å². The molecule has 0 heterocycles. The molecule has 8 nitrogen and oxygen atoms in total. The Bertz CT molecular complexity index is 724. The number of rotatable bonds is 20. The van der Waals surface area contributed by atoms with Crippen LogP contribution < -0.4 is 16.0 Å². The second-order valence-electron chi connectivity index (χ2n) is 10.5. The van der Waals surface area contributed by atoms with Crippen LogP contribution in [0.5, 0.6) is 0 Å². The monoisotopic (exact) mass is 521 g/mol. The summed E-state index contributed by atoms with van der Waals surface area (Å²) in [5, 5.41) is 9.23. The second kappa shape index (κ2) is 19.9. The number of hydrogen-bond donors (Lipinski definition) is 3. The molecule has 1 rings (SSSR count). The molecule has 2 atom stereocenters. The lowest BCUT2D eigenvalue weighted by molar-refractivity contribution is -0.124. The molecular weight excluding hydrogens is 470 g/mol. The van der Waals surface area contributed by atoms with Crippen LogP contribution in [0.15, 0.2) is 30.3 Å². The quantitative estimate of drug-likeness (QED) is 0.210. The maximum Gasteiger partial charge on any atom is 0.407 e. The van der Waals surface area contributed by atoms with Crippen LogP contribution in [-0.2, 0) is 25.5 Å². The van der Waals surface area contributed by atoms with Gasteiger partial charge in [-0.2, -0.15) is 0 Å². The minimum Gasteiger partial charge on any atom is -0.444 e. The highest BCUT2D eigenvalue weighted by molar-refractivity contribution is 5.81. The van der Waals surface area contributed by atoms with Crippen molar-refractivity contribution in [3.05, 3.63) is 35.9 Å². The molecule has 1 unspecified atom stereocenters. The first-order valence-corrected chi connectivity index (χ1v) is 13.9. The molecular formula is C29H51N3O5. The Morgan fingerprint density at radius 3 is 2.35 bits per heavy atom. The van der Waals surface area contributed by atoms with Crippen molar-refractivity contribution in [2.24, 2.45) is 0 Å². The van der Waals surface area contributed by atoms with Crippen LogP contribution in [0, 0.1) is 0 Å². The maximum absolute atomic E-state index is 13.1. The summed E-state index contributed by atoms with van der Waals surface area (Å²) in [4.78, 5) is 24.9. The summed E-state index contributed by atoms with van der Waals surface area (Å²) < 4.78 is 16.6. The van der Waals surface area contributed by atoms with Crippen LogP contribution >= 0.6 is 0 Å². The standard InChI is InChI=1S/C29H51N3O5/c1-6-7-8-9-15-20-36-25(23-35-5)22-32-27(33)26(31-21-24-16-11-10-12-17-24)18-13-14-19-30-28(34)37-29(2,3)4/h10-12,16-17,25-26,31H,6-9,13-15,18-23H2,1-5H3,(H,30,34)(H,32,33)/t25?,26-/m0/s1. The molecule has 8 heteroatoms. The van der Waals surface area contributed by atoms with Crippen molar-refractivity contribution in [1.29, 1.82) is 0 Å². The van der Waals surface area contributed by atoms with Gasteiger partial charge in [-0.3, -0.25) is 4.79 Å². The molecule has 1 aromatic rings. The lowest BCUT2D eigenvalue weighted by atomic mass is 10.1.